The third kappa shape index (κ3) is 5.05. The molecule has 10 atom stereocenters. The Bertz CT molecular complexity index is 1690. The van der Waals surface area contributed by atoms with Crippen LogP contribution in [0.4, 0.5) is 0 Å². The molecule has 1 aromatic rings. The van der Waals surface area contributed by atoms with Crippen molar-refractivity contribution >= 4 is 20.8 Å². The van der Waals surface area contributed by atoms with Crippen molar-refractivity contribution in [2.24, 2.45) is 45.3 Å². The first-order valence-corrected chi connectivity index (χ1v) is 20.5. The van der Waals surface area contributed by atoms with Crippen molar-refractivity contribution in [3.63, 3.8) is 0 Å². The van der Waals surface area contributed by atoms with Crippen molar-refractivity contribution in [3.8, 4) is 11.5 Å². The lowest BCUT2D eigenvalue weighted by Gasteiger charge is -2.69. The first-order valence-electron chi connectivity index (χ1n) is 17.7. The third-order valence-electron chi connectivity index (χ3n) is 15.5. The molecule has 0 radical (unpaired) electrons. The quantitative estimate of drug-likeness (QED) is 0.302. The molecule has 1 saturated heterocycles. The summed E-state index contributed by atoms with van der Waals surface area (Å²) in [6.45, 7) is 16.9. The van der Waals surface area contributed by atoms with Crippen molar-refractivity contribution in [1.29, 1.82) is 0 Å². The van der Waals surface area contributed by atoms with Gasteiger partial charge in [-0.1, -0.05) is 48.0 Å². The van der Waals surface area contributed by atoms with Crippen LogP contribution < -0.4 is 8.37 Å². The van der Waals surface area contributed by atoms with Gasteiger partial charge in [-0.3, -0.25) is 9.11 Å². The summed E-state index contributed by atoms with van der Waals surface area (Å²) in [6, 6.07) is 2.63. The summed E-state index contributed by atoms with van der Waals surface area (Å²) < 4.78 is 84.4. The van der Waals surface area contributed by atoms with Crippen molar-refractivity contribution < 1.29 is 39.0 Å². The number of rotatable bonds is 4. The standard InChI is InChI=1S/C36H54O9S2/c1-31(2)15-8-16-36(7)25(31)11-18-34(5)27-12-17-33(4)26(32(27,3)20-14-29(34)43-36)13-19-35(6)28(33)21-22-23(44-46(37,38)39)9-10-24(30(22)35)45-47(40,41)42/h9-10,25-29H,8,11-21H2,1-7H3,(H,37,38,39)(H,40,41,42)/t25?,26?,27?,28?,29?,32-,33-,34+,35+,36+/m1/s1. The molecule has 6 aliphatic rings. The Morgan fingerprint density at radius 2 is 1.19 bits per heavy atom. The normalized spacial score (nSPS) is 45.6. The number of benzene rings is 1. The number of hydrogen-bond acceptors (Lipinski definition) is 7. The van der Waals surface area contributed by atoms with Gasteiger partial charge in [0.25, 0.3) is 0 Å². The van der Waals surface area contributed by atoms with Gasteiger partial charge in [0, 0.05) is 16.5 Å². The first kappa shape index (κ1) is 34.1. The molecule has 9 nitrogen and oxygen atoms in total. The molecule has 47 heavy (non-hydrogen) atoms. The van der Waals surface area contributed by atoms with Gasteiger partial charge in [0.1, 0.15) is 11.5 Å². The Balaban J connectivity index is 1.25. The van der Waals surface area contributed by atoms with E-state index in [4.69, 9.17) is 13.1 Å². The van der Waals surface area contributed by atoms with Gasteiger partial charge >= 0.3 is 20.8 Å². The Morgan fingerprint density at radius 1 is 0.660 bits per heavy atom. The van der Waals surface area contributed by atoms with E-state index in [1.807, 2.05) is 0 Å². The molecule has 1 aromatic carbocycles. The number of fused-ring (bicyclic) bond motifs is 10. The Morgan fingerprint density at radius 3 is 1.87 bits per heavy atom. The van der Waals surface area contributed by atoms with Crippen LogP contribution in [0.1, 0.15) is 130 Å². The second-order valence-corrected chi connectivity index (χ2v) is 20.2. The van der Waals surface area contributed by atoms with Crippen molar-refractivity contribution in [2.45, 2.75) is 143 Å². The van der Waals surface area contributed by atoms with Gasteiger partial charge < -0.3 is 13.1 Å². The molecule has 5 fully saturated rings. The van der Waals surface area contributed by atoms with Crippen LogP contribution in [-0.4, -0.2) is 37.6 Å². The average Bonchev–Trinajstić information content (AvgIpc) is 3.18. The van der Waals surface area contributed by atoms with Gasteiger partial charge in [-0.2, -0.15) is 16.8 Å². The maximum Gasteiger partial charge on any atom is 0.446 e. The van der Waals surface area contributed by atoms with Crippen LogP contribution in [0.5, 0.6) is 11.5 Å². The van der Waals surface area contributed by atoms with E-state index < -0.39 is 26.2 Å². The molecule has 5 aliphatic carbocycles. The highest BCUT2D eigenvalue weighted by molar-refractivity contribution is 7.81. The van der Waals surface area contributed by atoms with E-state index in [2.05, 4.69) is 48.5 Å². The van der Waals surface area contributed by atoms with Gasteiger partial charge in [-0.05, 0) is 135 Å². The summed E-state index contributed by atoms with van der Waals surface area (Å²) in [5.74, 6) is 1.49. The van der Waals surface area contributed by atoms with E-state index in [0.717, 1.165) is 44.9 Å². The van der Waals surface area contributed by atoms with Crippen LogP contribution in [0.3, 0.4) is 0 Å². The first-order chi connectivity index (χ1) is 21.6. The highest BCUT2D eigenvalue weighted by Crippen LogP contribution is 2.75. The molecule has 5 unspecified atom stereocenters. The fourth-order valence-electron chi connectivity index (χ4n) is 13.8. The average molecular weight is 695 g/mol. The summed E-state index contributed by atoms with van der Waals surface area (Å²) in [5, 5.41) is 0. The van der Waals surface area contributed by atoms with Crippen LogP contribution in [0.2, 0.25) is 0 Å². The minimum Gasteiger partial charge on any atom is -0.371 e. The molecule has 1 aliphatic heterocycles. The van der Waals surface area contributed by atoms with Crippen LogP contribution in [0, 0.1) is 45.3 Å². The molecule has 0 bridgehead atoms. The number of ether oxygens (including phenoxy) is 1. The summed E-state index contributed by atoms with van der Waals surface area (Å²) in [4.78, 5) is 0. The van der Waals surface area contributed by atoms with Crippen LogP contribution in [-0.2, 0) is 37.4 Å². The van der Waals surface area contributed by atoms with E-state index in [-0.39, 0.29) is 50.8 Å². The van der Waals surface area contributed by atoms with Gasteiger partial charge in [-0.25, -0.2) is 0 Å². The van der Waals surface area contributed by atoms with Crippen LogP contribution in [0.25, 0.3) is 0 Å². The van der Waals surface area contributed by atoms with Crippen LogP contribution >= 0.6 is 0 Å². The van der Waals surface area contributed by atoms with Gasteiger partial charge in [-0.15, -0.1) is 0 Å². The molecule has 7 rings (SSSR count). The van der Waals surface area contributed by atoms with Gasteiger partial charge in [0.2, 0.25) is 0 Å². The van der Waals surface area contributed by atoms with E-state index >= 15 is 0 Å². The van der Waals surface area contributed by atoms with E-state index in [9.17, 15) is 25.9 Å². The lowest BCUT2D eigenvalue weighted by molar-refractivity contribution is -0.240. The van der Waals surface area contributed by atoms with Crippen molar-refractivity contribution in [3.05, 3.63) is 23.3 Å². The minimum absolute atomic E-state index is 0.0151. The predicted molar refractivity (Wildman–Crippen MR) is 178 cm³/mol. The maximum absolute atomic E-state index is 11.9. The lowest BCUT2D eigenvalue weighted by atomic mass is 9.36. The van der Waals surface area contributed by atoms with E-state index in [1.54, 1.807) is 0 Å². The highest BCUT2D eigenvalue weighted by Gasteiger charge is 2.69. The zero-order valence-electron chi connectivity index (χ0n) is 29.1. The molecule has 1 heterocycles. The molecule has 11 heteroatoms. The summed E-state index contributed by atoms with van der Waals surface area (Å²) in [6.07, 6.45) is 12.7. The summed E-state index contributed by atoms with van der Waals surface area (Å²) in [5.41, 5.74) is 0.766. The molecule has 4 saturated carbocycles. The monoisotopic (exact) mass is 694 g/mol. The summed E-state index contributed by atoms with van der Waals surface area (Å²) in [7, 11) is -9.66. The fraction of sp³-hybridized carbons (Fsp3) is 0.833. The molecule has 0 amide bonds. The molecule has 264 valence electrons. The third-order valence-corrected chi connectivity index (χ3v) is 16.3. The molecule has 2 N–H and O–H groups in total. The van der Waals surface area contributed by atoms with Crippen molar-refractivity contribution in [1.82, 2.24) is 0 Å². The van der Waals surface area contributed by atoms with E-state index in [0.29, 0.717) is 35.3 Å². The molecule has 0 spiro atoms. The van der Waals surface area contributed by atoms with Gasteiger partial charge in [0.15, 0.2) is 0 Å². The number of hydrogen-bond donors (Lipinski definition) is 2. The Labute approximate surface area is 281 Å². The smallest absolute Gasteiger partial charge is 0.371 e. The fourth-order valence-corrected chi connectivity index (χ4v) is 14.5. The van der Waals surface area contributed by atoms with Crippen LogP contribution in [0.15, 0.2) is 12.1 Å². The second kappa shape index (κ2) is 10.3. The largest absolute Gasteiger partial charge is 0.446 e. The van der Waals surface area contributed by atoms with E-state index in [1.165, 1.54) is 37.8 Å². The summed E-state index contributed by atoms with van der Waals surface area (Å²) >= 11 is 0. The minimum atomic E-state index is -4.84. The molecular weight excluding hydrogens is 641 g/mol. The highest BCUT2D eigenvalue weighted by atomic mass is 32.3. The SMILES string of the molecule is CC1(C)CCC[C@]2(C)OC3CC[C@@]4(C)C(CC[C@]5(C)C4CC[C@]4(C)c6c(OS(=O)(=O)O)ccc(OS(=O)(=O)O)c6CC54)[C@]3(C)CCC12. The molecular formula is C36H54O9S2. The molecule has 0 aromatic heterocycles. The Kier molecular flexibility index (Phi) is 7.49. The Hall–Kier alpha value is -1.40. The topological polar surface area (TPSA) is 136 Å². The lowest BCUT2D eigenvalue weighted by Crippen LogP contribution is -2.64. The second-order valence-electron chi connectivity index (χ2n) is 18.2. The zero-order valence-corrected chi connectivity index (χ0v) is 30.7. The predicted octanol–water partition coefficient (Wildman–Crippen LogP) is 7.88. The van der Waals surface area contributed by atoms with Gasteiger partial charge in [0.05, 0.1) is 11.7 Å². The van der Waals surface area contributed by atoms with Crippen molar-refractivity contribution in [2.75, 3.05) is 0 Å². The zero-order chi connectivity index (χ0) is 34.2. The maximum atomic E-state index is 11.9.